The van der Waals surface area contributed by atoms with Crippen LogP contribution in [0.5, 0.6) is 23.0 Å². The van der Waals surface area contributed by atoms with E-state index >= 15 is 0 Å². The van der Waals surface area contributed by atoms with E-state index in [1.54, 1.807) is 12.4 Å². The van der Waals surface area contributed by atoms with Crippen LogP contribution >= 0.6 is 0 Å². The van der Waals surface area contributed by atoms with Crippen molar-refractivity contribution in [2.75, 3.05) is 0 Å². The number of para-hydroxylation sites is 4. The number of fused-ring (bicyclic) bond motifs is 4. The van der Waals surface area contributed by atoms with Crippen molar-refractivity contribution in [3.05, 3.63) is 230 Å². The molecule has 0 atom stereocenters. The standard InChI is InChI=1S/C64H52N6O2/c1-63(2,3)45-33-47(67-41-69(61-25-13-11-23-59(61)67)57-27-15-19-43-17-7-9-21-53(43)57)37-51(35-45)71-49-29-31-65-55(39-49)56-40-50(30-32-66-56)72-52-36-46(64(4,5)6)34-48(38-52)68-42-70(62-26-14-12-24-60(62)68)58-28-16-20-44-18-8-10-22-54(44)58/h7-40H,1-6H3. The third-order valence-electron chi connectivity index (χ3n) is 13.4. The van der Waals surface area contributed by atoms with E-state index in [4.69, 9.17) is 19.4 Å². The minimum atomic E-state index is -0.170. The van der Waals surface area contributed by atoms with Crippen LogP contribution in [-0.4, -0.2) is 19.1 Å². The number of imidazole rings is 2. The summed E-state index contributed by atoms with van der Waals surface area (Å²) in [5, 5.41) is 4.67. The summed E-state index contributed by atoms with van der Waals surface area (Å²) in [4.78, 5) is 9.53. The van der Waals surface area contributed by atoms with Gasteiger partial charge < -0.3 is 9.47 Å². The number of hydrogen-bond acceptors (Lipinski definition) is 4. The highest BCUT2D eigenvalue weighted by Crippen LogP contribution is 2.36. The Kier molecular flexibility index (Phi) is 10.8. The van der Waals surface area contributed by atoms with Crippen LogP contribution < -0.4 is 18.6 Å². The van der Waals surface area contributed by atoms with Gasteiger partial charge >= 0.3 is 0 Å². The monoisotopic (exact) mass is 936 g/mol. The SMILES string of the molecule is CC(C)(C)c1cc(Oc2ccnc(-c3cc(Oc4cc(-[n+]5[c-]n(-c6cccc7ccccc67)c6ccccc65)cc(C(C)(C)C)c4)ccn3)c2)cc(-[n+]2[c-]n(-c3cccc4ccccc34)c3ccccc32)c1. The van der Waals surface area contributed by atoms with Gasteiger partial charge in [0.1, 0.15) is 23.0 Å². The highest BCUT2D eigenvalue weighted by Gasteiger charge is 2.22. The molecule has 0 bridgehead atoms. The van der Waals surface area contributed by atoms with E-state index in [0.29, 0.717) is 34.4 Å². The molecule has 72 heavy (non-hydrogen) atoms. The fourth-order valence-electron chi connectivity index (χ4n) is 9.58. The first kappa shape index (κ1) is 44.3. The zero-order valence-electron chi connectivity index (χ0n) is 41.1. The second-order valence-corrected chi connectivity index (χ2v) is 20.4. The van der Waals surface area contributed by atoms with Gasteiger partial charge in [0.2, 0.25) is 0 Å². The molecule has 0 saturated heterocycles. The molecule has 12 aromatic rings. The third kappa shape index (κ3) is 8.30. The van der Waals surface area contributed by atoms with Gasteiger partial charge in [-0.15, -0.1) is 0 Å². The van der Waals surface area contributed by atoms with Gasteiger partial charge in [-0.05, 0) is 104 Å². The maximum absolute atomic E-state index is 6.77. The van der Waals surface area contributed by atoms with Crippen molar-refractivity contribution in [2.24, 2.45) is 0 Å². The first-order valence-corrected chi connectivity index (χ1v) is 24.4. The maximum atomic E-state index is 6.77. The van der Waals surface area contributed by atoms with Gasteiger partial charge in [0.05, 0.1) is 56.2 Å². The van der Waals surface area contributed by atoms with Gasteiger partial charge in [0, 0.05) is 24.5 Å². The van der Waals surface area contributed by atoms with Crippen LogP contribution in [0, 0.1) is 12.7 Å². The molecule has 0 radical (unpaired) electrons. The van der Waals surface area contributed by atoms with E-state index in [0.717, 1.165) is 66.7 Å². The minimum absolute atomic E-state index is 0.170. The summed E-state index contributed by atoms with van der Waals surface area (Å²) in [5.41, 5.74) is 11.4. The molecule has 0 aliphatic heterocycles. The fraction of sp³-hybridized carbons (Fsp3) is 0.125. The van der Waals surface area contributed by atoms with Crippen LogP contribution in [-0.2, 0) is 10.8 Å². The van der Waals surface area contributed by atoms with E-state index in [1.165, 1.54) is 10.8 Å². The van der Waals surface area contributed by atoms with Gasteiger partial charge in [0.15, 0.2) is 0 Å². The molecule has 8 heteroatoms. The summed E-state index contributed by atoms with van der Waals surface area (Å²) in [6, 6.07) is 67.1. The second-order valence-electron chi connectivity index (χ2n) is 20.4. The van der Waals surface area contributed by atoms with Crippen LogP contribution in [0.25, 0.3) is 77.7 Å². The fourth-order valence-corrected chi connectivity index (χ4v) is 9.58. The molecule has 0 saturated carbocycles. The smallest absolute Gasteiger partial charge is 0.269 e. The minimum Gasteiger partial charge on any atom is -0.458 e. The highest BCUT2D eigenvalue weighted by atomic mass is 16.5. The van der Waals surface area contributed by atoms with E-state index < -0.39 is 0 Å². The Bertz CT molecular complexity index is 3770. The Morgan fingerprint density at radius 2 is 0.806 bits per heavy atom. The number of aromatic nitrogens is 6. The first-order chi connectivity index (χ1) is 34.9. The number of hydrogen-bond donors (Lipinski definition) is 0. The molecule has 0 aliphatic rings. The van der Waals surface area contributed by atoms with Gasteiger partial charge in [-0.25, -0.2) is 0 Å². The summed E-state index contributed by atoms with van der Waals surface area (Å²) in [7, 11) is 0. The number of rotatable bonds is 9. The molecular weight excluding hydrogens is 885 g/mol. The number of ether oxygens (including phenoxy) is 2. The zero-order chi connectivity index (χ0) is 49.1. The van der Waals surface area contributed by atoms with E-state index in [-0.39, 0.29) is 10.8 Å². The maximum Gasteiger partial charge on any atom is 0.269 e. The molecule has 0 N–H and O–H groups in total. The predicted octanol–water partition coefficient (Wildman–Crippen LogP) is 14.7. The molecule has 4 heterocycles. The molecule has 12 rings (SSSR count). The first-order valence-electron chi connectivity index (χ1n) is 24.4. The normalized spacial score (nSPS) is 12.0. The summed E-state index contributed by atoms with van der Waals surface area (Å²) in [6.45, 7) is 13.3. The molecule has 0 aliphatic carbocycles. The Balaban J connectivity index is 0.871. The van der Waals surface area contributed by atoms with Gasteiger partial charge in [-0.1, -0.05) is 163 Å². The largest absolute Gasteiger partial charge is 0.458 e. The summed E-state index contributed by atoms with van der Waals surface area (Å²) in [6.07, 6.45) is 11.0. The Hall–Kier alpha value is -8.88. The lowest BCUT2D eigenvalue weighted by atomic mass is 9.86. The topological polar surface area (TPSA) is 61.9 Å². The summed E-state index contributed by atoms with van der Waals surface area (Å²) in [5.74, 6) is 2.67. The molecule has 8 aromatic carbocycles. The third-order valence-corrected chi connectivity index (χ3v) is 13.4. The molecule has 0 unspecified atom stereocenters. The molecule has 4 aromatic heterocycles. The van der Waals surface area contributed by atoms with E-state index in [9.17, 15) is 0 Å². The van der Waals surface area contributed by atoms with Crippen LogP contribution in [0.4, 0.5) is 0 Å². The van der Waals surface area contributed by atoms with Gasteiger partial charge in [0.25, 0.3) is 12.7 Å². The van der Waals surface area contributed by atoms with E-state index in [2.05, 4.69) is 242 Å². The molecule has 0 spiro atoms. The predicted molar refractivity (Wildman–Crippen MR) is 287 cm³/mol. The lowest BCUT2D eigenvalue weighted by Crippen LogP contribution is -2.30. The molecule has 350 valence electrons. The quantitative estimate of drug-likeness (QED) is 0.107. The van der Waals surface area contributed by atoms with Gasteiger partial charge in [-0.2, -0.15) is 0 Å². The van der Waals surface area contributed by atoms with Crippen molar-refractivity contribution in [1.29, 1.82) is 0 Å². The van der Waals surface area contributed by atoms with E-state index in [1.807, 2.05) is 24.3 Å². The molecule has 0 fully saturated rings. The van der Waals surface area contributed by atoms with Crippen molar-refractivity contribution in [3.8, 4) is 57.1 Å². The average Bonchev–Trinajstić information content (AvgIpc) is 3.97. The Morgan fingerprint density at radius 3 is 1.25 bits per heavy atom. The van der Waals surface area contributed by atoms with Crippen molar-refractivity contribution in [1.82, 2.24) is 19.1 Å². The van der Waals surface area contributed by atoms with Crippen molar-refractivity contribution >= 4 is 43.6 Å². The van der Waals surface area contributed by atoms with Crippen molar-refractivity contribution < 1.29 is 18.6 Å². The lowest BCUT2D eigenvalue weighted by molar-refractivity contribution is -0.572. The molecular formula is C64H52N6O2. The van der Waals surface area contributed by atoms with Gasteiger partial charge in [-0.3, -0.25) is 28.2 Å². The van der Waals surface area contributed by atoms with Crippen molar-refractivity contribution in [3.63, 3.8) is 0 Å². The Labute approximate surface area is 419 Å². The Morgan fingerprint density at radius 1 is 0.403 bits per heavy atom. The average molecular weight is 937 g/mol. The lowest BCUT2D eigenvalue weighted by Gasteiger charge is -2.22. The van der Waals surface area contributed by atoms with Crippen LogP contribution in [0.1, 0.15) is 52.7 Å². The molecule has 0 amide bonds. The zero-order valence-corrected chi connectivity index (χ0v) is 41.1. The second kappa shape index (κ2) is 17.5. The van der Waals surface area contributed by atoms with Crippen molar-refractivity contribution in [2.45, 2.75) is 52.4 Å². The number of nitrogens with zero attached hydrogens (tertiary/aromatic N) is 6. The number of benzene rings is 8. The number of pyridine rings is 2. The molecule has 8 nitrogen and oxygen atoms in total. The van der Waals surface area contributed by atoms with Crippen LogP contribution in [0.3, 0.4) is 0 Å². The summed E-state index contributed by atoms with van der Waals surface area (Å²) < 4.78 is 22.1. The van der Waals surface area contributed by atoms with Crippen LogP contribution in [0.15, 0.2) is 207 Å². The highest BCUT2D eigenvalue weighted by molar-refractivity contribution is 5.93. The summed E-state index contributed by atoms with van der Waals surface area (Å²) >= 11 is 0. The van der Waals surface area contributed by atoms with Crippen LogP contribution in [0.2, 0.25) is 0 Å².